The molecule has 0 saturated heterocycles. The van der Waals surface area contributed by atoms with Gasteiger partial charge in [-0.2, -0.15) is 0 Å². The molecule has 0 saturated carbocycles. The average molecular weight is 416 g/mol. The lowest BCUT2D eigenvalue weighted by atomic mass is 10.1. The fourth-order valence-electron chi connectivity index (χ4n) is 3.21. The van der Waals surface area contributed by atoms with Gasteiger partial charge in [0, 0.05) is 18.5 Å². The van der Waals surface area contributed by atoms with Crippen molar-refractivity contribution in [3.63, 3.8) is 0 Å². The lowest BCUT2D eigenvalue weighted by Gasteiger charge is -2.14. The van der Waals surface area contributed by atoms with Crippen LogP contribution in [0.1, 0.15) is 49.8 Å². The first-order chi connectivity index (χ1) is 13.9. The Balaban J connectivity index is 1.39. The highest BCUT2D eigenvalue weighted by atomic mass is 32.2. The van der Waals surface area contributed by atoms with Gasteiger partial charge in [0.25, 0.3) is 10.0 Å². The summed E-state index contributed by atoms with van der Waals surface area (Å²) in [5.41, 5.74) is 1.46. The smallest absolute Gasteiger partial charge is 0.263 e. The second-order valence-electron chi connectivity index (χ2n) is 7.03. The highest BCUT2D eigenvalue weighted by Gasteiger charge is 2.29. The normalized spacial score (nSPS) is 16.8. The van der Waals surface area contributed by atoms with Crippen LogP contribution in [0, 0.1) is 0 Å². The minimum atomic E-state index is -3.50. The van der Waals surface area contributed by atoms with Gasteiger partial charge in [-0.1, -0.05) is 30.7 Å². The van der Waals surface area contributed by atoms with Gasteiger partial charge < -0.3 is 10.4 Å². The van der Waals surface area contributed by atoms with Gasteiger partial charge in [0.1, 0.15) is 11.6 Å². The van der Waals surface area contributed by atoms with Crippen LogP contribution in [0.2, 0.25) is 0 Å². The maximum absolute atomic E-state index is 12.1. The summed E-state index contributed by atoms with van der Waals surface area (Å²) in [5.74, 6) is 0.528. The molecule has 3 N–H and O–H groups in total. The molecule has 2 aromatic carbocycles. The van der Waals surface area contributed by atoms with Crippen molar-refractivity contribution in [3.8, 4) is 5.75 Å². The van der Waals surface area contributed by atoms with Crippen LogP contribution in [-0.2, 0) is 14.8 Å². The van der Waals surface area contributed by atoms with Crippen molar-refractivity contribution >= 4 is 21.8 Å². The number of sulfonamides is 1. The van der Waals surface area contributed by atoms with Gasteiger partial charge >= 0.3 is 0 Å². The Hall–Kier alpha value is -2.87. The fourth-order valence-corrected chi connectivity index (χ4v) is 4.46. The number of phenolic OH excluding ortho intramolecular Hbond substituents is 1. The van der Waals surface area contributed by atoms with E-state index in [1.165, 1.54) is 0 Å². The van der Waals surface area contributed by atoms with Crippen molar-refractivity contribution in [2.75, 3.05) is 6.54 Å². The number of nitrogens with zero attached hydrogens (tertiary/aromatic N) is 1. The molecule has 7 nitrogen and oxygen atoms in total. The predicted octanol–water partition coefficient (Wildman–Crippen LogP) is 2.87. The third kappa shape index (κ3) is 5.35. The first-order valence-electron chi connectivity index (χ1n) is 9.62. The summed E-state index contributed by atoms with van der Waals surface area (Å²) in [6.45, 7) is 2.37. The van der Waals surface area contributed by atoms with Crippen LogP contribution >= 0.6 is 0 Å². The molecule has 154 valence electrons. The summed E-state index contributed by atoms with van der Waals surface area (Å²) < 4.78 is 26.6. The fraction of sp³-hybridized carbons (Fsp3) is 0.333. The second-order valence-corrected chi connectivity index (χ2v) is 8.68. The first kappa shape index (κ1) is 20.9. The molecule has 1 atom stereocenters. The van der Waals surface area contributed by atoms with Crippen LogP contribution in [0.5, 0.6) is 5.75 Å². The number of amidine groups is 1. The molecule has 0 bridgehead atoms. The molecule has 1 amide bonds. The lowest BCUT2D eigenvalue weighted by Crippen LogP contribution is -2.26. The van der Waals surface area contributed by atoms with E-state index >= 15 is 0 Å². The number of phenols is 1. The van der Waals surface area contributed by atoms with Crippen LogP contribution < -0.4 is 10.0 Å². The van der Waals surface area contributed by atoms with Gasteiger partial charge in [0.2, 0.25) is 5.91 Å². The minimum absolute atomic E-state index is 0.0374. The molecule has 29 heavy (non-hydrogen) atoms. The molecule has 0 aromatic heterocycles. The summed E-state index contributed by atoms with van der Waals surface area (Å²) in [6.07, 6.45) is 2.73. The first-order valence-corrected chi connectivity index (χ1v) is 11.1. The Labute approximate surface area is 170 Å². The SMILES string of the molecule is CC(NC(=O)CCCCCN=C1NS(=O)(=O)c2ccccc21)c1cccc(O)c1. The Bertz CT molecular complexity index is 1020. The Morgan fingerprint density at radius 2 is 1.93 bits per heavy atom. The Kier molecular flexibility index (Phi) is 6.53. The number of nitrogens with one attached hydrogen (secondary N) is 2. The molecule has 8 heteroatoms. The van der Waals surface area contributed by atoms with Crippen molar-refractivity contribution < 1.29 is 18.3 Å². The molecule has 1 aliphatic heterocycles. The molecular formula is C21H25N3O4S. The van der Waals surface area contributed by atoms with Gasteiger partial charge in [0.15, 0.2) is 0 Å². The molecule has 2 aromatic rings. The number of carbonyl (C=O) groups excluding carboxylic acids is 1. The monoisotopic (exact) mass is 415 g/mol. The lowest BCUT2D eigenvalue weighted by molar-refractivity contribution is -0.121. The van der Waals surface area contributed by atoms with E-state index in [2.05, 4.69) is 15.0 Å². The third-order valence-corrected chi connectivity index (χ3v) is 6.14. The molecule has 0 spiro atoms. The second kappa shape index (κ2) is 9.09. The number of amides is 1. The Morgan fingerprint density at radius 1 is 1.14 bits per heavy atom. The van der Waals surface area contributed by atoms with Crippen LogP contribution in [0.25, 0.3) is 0 Å². The summed E-state index contributed by atoms with van der Waals surface area (Å²) in [4.78, 5) is 16.7. The Morgan fingerprint density at radius 3 is 2.72 bits per heavy atom. The number of aromatic hydroxyl groups is 1. The number of unbranched alkanes of at least 4 members (excludes halogenated alkanes) is 2. The maximum atomic E-state index is 12.1. The number of carbonyl (C=O) groups is 1. The average Bonchev–Trinajstić information content (AvgIpc) is 2.95. The third-order valence-electron chi connectivity index (χ3n) is 4.74. The van der Waals surface area contributed by atoms with Crippen LogP contribution in [0.3, 0.4) is 0 Å². The molecule has 1 unspecified atom stereocenters. The summed E-state index contributed by atoms with van der Waals surface area (Å²) in [5, 5.41) is 12.4. The van der Waals surface area contributed by atoms with Crippen molar-refractivity contribution in [1.82, 2.24) is 10.0 Å². The van der Waals surface area contributed by atoms with Crippen molar-refractivity contribution in [1.29, 1.82) is 0 Å². The van der Waals surface area contributed by atoms with E-state index in [0.717, 1.165) is 24.8 Å². The summed E-state index contributed by atoms with van der Waals surface area (Å²) >= 11 is 0. The largest absolute Gasteiger partial charge is 0.508 e. The zero-order chi connectivity index (χ0) is 20.9. The van der Waals surface area contributed by atoms with Crippen molar-refractivity contribution in [2.24, 2.45) is 4.99 Å². The zero-order valence-corrected chi connectivity index (χ0v) is 17.1. The molecule has 1 heterocycles. The highest BCUT2D eigenvalue weighted by Crippen LogP contribution is 2.22. The van der Waals surface area contributed by atoms with E-state index in [9.17, 15) is 18.3 Å². The van der Waals surface area contributed by atoms with E-state index in [-0.39, 0.29) is 22.6 Å². The number of aliphatic imine (C=N–C) groups is 1. The standard InChI is InChI=1S/C21H25N3O4S/c1-15(16-8-7-9-17(25)14-16)23-20(26)12-3-2-6-13-22-21-18-10-4-5-11-19(18)29(27,28)24-21/h4-5,7-11,14-15,25H,2-3,6,12-13H2,1H3,(H,22,24)(H,23,26). The van der Waals surface area contributed by atoms with Gasteiger partial charge in [0.05, 0.1) is 10.9 Å². The van der Waals surface area contributed by atoms with Crippen molar-refractivity contribution in [3.05, 3.63) is 59.7 Å². The van der Waals surface area contributed by atoms with E-state index in [1.54, 1.807) is 42.5 Å². The summed E-state index contributed by atoms with van der Waals surface area (Å²) in [7, 11) is -3.50. The zero-order valence-electron chi connectivity index (χ0n) is 16.3. The molecule has 1 aliphatic rings. The number of hydrogen-bond acceptors (Lipinski definition) is 5. The van der Waals surface area contributed by atoms with E-state index in [4.69, 9.17) is 0 Å². The number of hydrogen-bond donors (Lipinski definition) is 3. The van der Waals surface area contributed by atoms with E-state index in [0.29, 0.717) is 24.4 Å². The van der Waals surface area contributed by atoms with Crippen molar-refractivity contribution in [2.45, 2.75) is 43.5 Å². The van der Waals surface area contributed by atoms with E-state index in [1.807, 2.05) is 13.0 Å². The van der Waals surface area contributed by atoms with Gasteiger partial charge in [-0.3, -0.25) is 14.5 Å². The van der Waals surface area contributed by atoms with Crippen LogP contribution in [0.15, 0.2) is 58.4 Å². The van der Waals surface area contributed by atoms with Gasteiger partial charge in [-0.05, 0) is 49.6 Å². The van der Waals surface area contributed by atoms with Crippen LogP contribution in [0.4, 0.5) is 0 Å². The van der Waals surface area contributed by atoms with Crippen LogP contribution in [-0.4, -0.2) is 31.8 Å². The van der Waals surface area contributed by atoms with Gasteiger partial charge in [-0.25, -0.2) is 8.42 Å². The number of benzene rings is 2. The molecule has 0 radical (unpaired) electrons. The molecular weight excluding hydrogens is 390 g/mol. The molecule has 0 aliphatic carbocycles. The maximum Gasteiger partial charge on any atom is 0.263 e. The number of rotatable bonds is 8. The summed E-state index contributed by atoms with van der Waals surface area (Å²) in [6, 6.07) is 13.4. The highest BCUT2D eigenvalue weighted by molar-refractivity contribution is 7.90. The molecule has 3 rings (SSSR count). The topological polar surface area (TPSA) is 108 Å². The number of fused-ring (bicyclic) bond motifs is 1. The molecule has 0 fully saturated rings. The van der Waals surface area contributed by atoms with Gasteiger partial charge in [-0.15, -0.1) is 0 Å². The quantitative estimate of drug-likeness (QED) is 0.576. The van der Waals surface area contributed by atoms with E-state index < -0.39 is 10.0 Å². The predicted molar refractivity (Wildman–Crippen MR) is 111 cm³/mol. The minimum Gasteiger partial charge on any atom is -0.508 e.